The Morgan fingerprint density at radius 2 is 1.61 bits per heavy atom. The van der Waals surface area contributed by atoms with Crippen LogP contribution < -0.4 is 15.5 Å². The number of nitrogens with zero attached hydrogens (tertiary/aromatic N) is 2. The number of benzene rings is 2. The molecular formula is C26H35ClN4O2. The first kappa shape index (κ1) is 24.9. The molecule has 7 heteroatoms. The van der Waals surface area contributed by atoms with E-state index in [2.05, 4.69) is 43.2 Å². The molecule has 0 radical (unpaired) electrons. The predicted octanol–water partition coefficient (Wildman–Crippen LogP) is 6.10. The number of hydrogen-bond donors (Lipinski definition) is 2. The van der Waals surface area contributed by atoms with E-state index in [4.69, 9.17) is 11.6 Å². The van der Waals surface area contributed by atoms with Gasteiger partial charge in [0.1, 0.15) is 0 Å². The molecular weight excluding hydrogens is 436 g/mol. The second-order valence-corrected chi connectivity index (χ2v) is 10.5. The van der Waals surface area contributed by atoms with E-state index in [0.717, 1.165) is 38.3 Å². The number of carbonyl (C=O) groups is 2. The summed E-state index contributed by atoms with van der Waals surface area (Å²) >= 11 is 5.95. The molecule has 3 amide bonds. The van der Waals surface area contributed by atoms with Gasteiger partial charge in [-0.25, -0.2) is 4.79 Å². The summed E-state index contributed by atoms with van der Waals surface area (Å²) in [7, 11) is 0. The van der Waals surface area contributed by atoms with E-state index >= 15 is 0 Å². The number of hydrogen-bond acceptors (Lipinski definition) is 3. The van der Waals surface area contributed by atoms with Gasteiger partial charge in [-0.15, -0.1) is 0 Å². The Kier molecular flexibility index (Phi) is 8.25. The Labute approximate surface area is 202 Å². The highest BCUT2D eigenvalue weighted by atomic mass is 35.5. The van der Waals surface area contributed by atoms with Crippen LogP contribution in [-0.2, 0) is 4.79 Å². The van der Waals surface area contributed by atoms with Crippen molar-refractivity contribution < 1.29 is 9.59 Å². The van der Waals surface area contributed by atoms with Crippen LogP contribution in [0.2, 0.25) is 5.02 Å². The molecule has 0 aromatic heterocycles. The molecule has 0 aliphatic carbocycles. The molecule has 1 heterocycles. The minimum atomic E-state index is -0.321. The van der Waals surface area contributed by atoms with Crippen molar-refractivity contribution in [2.45, 2.75) is 40.5 Å². The van der Waals surface area contributed by atoms with Crippen LogP contribution in [0.5, 0.6) is 0 Å². The van der Waals surface area contributed by atoms with Crippen LogP contribution in [-0.4, -0.2) is 43.0 Å². The number of urea groups is 1. The fraction of sp³-hybridized carbons (Fsp3) is 0.462. The first-order chi connectivity index (χ1) is 15.6. The fourth-order valence-electron chi connectivity index (χ4n) is 4.37. The van der Waals surface area contributed by atoms with E-state index in [0.29, 0.717) is 28.7 Å². The lowest BCUT2D eigenvalue weighted by molar-refractivity contribution is -0.132. The molecule has 33 heavy (non-hydrogen) atoms. The summed E-state index contributed by atoms with van der Waals surface area (Å²) in [6.45, 7) is 11.9. The quantitative estimate of drug-likeness (QED) is 0.536. The van der Waals surface area contributed by atoms with Crippen LogP contribution >= 0.6 is 11.6 Å². The third-order valence-corrected chi connectivity index (χ3v) is 5.92. The topological polar surface area (TPSA) is 64.7 Å². The van der Waals surface area contributed by atoms with Crippen LogP contribution in [0, 0.1) is 11.3 Å². The monoisotopic (exact) mass is 470 g/mol. The van der Waals surface area contributed by atoms with Crippen molar-refractivity contribution in [1.29, 1.82) is 0 Å². The number of amides is 3. The third kappa shape index (κ3) is 7.97. The second kappa shape index (κ2) is 10.9. The van der Waals surface area contributed by atoms with Crippen molar-refractivity contribution in [2.75, 3.05) is 41.7 Å². The molecule has 2 aromatic rings. The van der Waals surface area contributed by atoms with Crippen LogP contribution in [0.15, 0.2) is 48.5 Å². The van der Waals surface area contributed by atoms with Gasteiger partial charge in [-0.1, -0.05) is 45.4 Å². The van der Waals surface area contributed by atoms with Gasteiger partial charge in [-0.3, -0.25) is 4.79 Å². The maximum absolute atomic E-state index is 12.7. The fourth-order valence-corrected chi connectivity index (χ4v) is 4.56. The first-order valence-corrected chi connectivity index (χ1v) is 11.9. The smallest absolute Gasteiger partial charge is 0.323 e. The molecule has 0 spiro atoms. The van der Waals surface area contributed by atoms with Gasteiger partial charge in [0, 0.05) is 54.7 Å². The molecule has 0 saturated carbocycles. The largest absolute Gasteiger partial charge is 0.368 e. The van der Waals surface area contributed by atoms with Crippen molar-refractivity contribution in [3.05, 3.63) is 53.6 Å². The summed E-state index contributed by atoms with van der Waals surface area (Å²) in [5, 5.41) is 6.17. The van der Waals surface area contributed by atoms with E-state index in [1.807, 2.05) is 29.2 Å². The zero-order chi connectivity index (χ0) is 24.0. The van der Waals surface area contributed by atoms with Gasteiger partial charge < -0.3 is 20.4 Å². The number of carbonyl (C=O) groups excluding carboxylic acids is 2. The molecule has 1 fully saturated rings. The Hall–Kier alpha value is -2.73. The van der Waals surface area contributed by atoms with Gasteiger partial charge in [0.25, 0.3) is 0 Å². The zero-order valence-corrected chi connectivity index (χ0v) is 20.8. The van der Waals surface area contributed by atoms with Gasteiger partial charge >= 0.3 is 6.03 Å². The number of halogens is 1. The molecule has 3 rings (SSSR count). The Morgan fingerprint density at radius 1 is 0.970 bits per heavy atom. The molecule has 2 N–H and O–H groups in total. The number of rotatable bonds is 6. The highest BCUT2D eigenvalue weighted by molar-refractivity contribution is 6.30. The molecule has 1 saturated heterocycles. The summed E-state index contributed by atoms with van der Waals surface area (Å²) < 4.78 is 0. The molecule has 178 valence electrons. The van der Waals surface area contributed by atoms with Crippen molar-refractivity contribution in [1.82, 2.24) is 4.90 Å². The van der Waals surface area contributed by atoms with Gasteiger partial charge in [0.15, 0.2) is 0 Å². The van der Waals surface area contributed by atoms with Crippen LogP contribution in [0.25, 0.3) is 0 Å². The van der Waals surface area contributed by atoms with E-state index in [1.54, 1.807) is 24.3 Å². The zero-order valence-electron chi connectivity index (χ0n) is 20.0. The standard InChI is InChI=1S/C26H35ClN4O2/c1-19(18-26(2,3)4)16-24(32)31-14-12-30(13-15-31)23-10-8-21(9-11-23)28-25(33)29-22-7-5-6-20(27)17-22/h5-11,17,19H,12-16,18H2,1-4H3,(H2,28,29,33). The molecule has 1 unspecified atom stereocenters. The Bertz CT molecular complexity index is 948. The summed E-state index contributed by atoms with van der Waals surface area (Å²) in [6, 6.07) is 14.5. The van der Waals surface area contributed by atoms with E-state index in [1.165, 1.54) is 0 Å². The van der Waals surface area contributed by atoms with Gasteiger partial charge in [-0.2, -0.15) is 0 Å². The van der Waals surface area contributed by atoms with Crippen molar-refractivity contribution in [3.8, 4) is 0 Å². The number of anilines is 3. The normalized spacial score (nSPS) is 15.2. The predicted molar refractivity (Wildman–Crippen MR) is 137 cm³/mol. The molecule has 6 nitrogen and oxygen atoms in total. The minimum absolute atomic E-state index is 0.245. The van der Waals surface area contributed by atoms with E-state index in [-0.39, 0.29) is 17.4 Å². The lowest BCUT2D eigenvalue weighted by Gasteiger charge is -2.37. The number of piperazine rings is 1. The maximum atomic E-state index is 12.7. The van der Waals surface area contributed by atoms with Crippen LogP contribution in [0.3, 0.4) is 0 Å². The molecule has 2 aromatic carbocycles. The van der Waals surface area contributed by atoms with Gasteiger partial charge in [-0.05, 0) is 60.2 Å². The van der Waals surface area contributed by atoms with Gasteiger partial charge in [0.2, 0.25) is 5.91 Å². The molecule has 1 aliphatic rings. The summed E-state index contributed by atoms with van der Waals surface area (Å²) in [5.74, 6) is 0.656. The Balaban J connectivity index is 1.46. The van der Waals surface area contributed by atoms with Crippen molar-refractivity contribution >= 4 is 40.6 Å². The lowest BCUT2D eigenvalue weighted by Crippen LogP contribution is -2.49. The number of nitrogens with one attached hydrogen (secondary N) is 2. The third-order valence-electron chi connectivity index (χ3n) is 5.69. The summed E-state index contributed by atoms with van der Waals surface area (Å²) in [4.78, 5) is 29.2. The second-order valence-electron chi connectivity index (χ2n) is 10.1. The van der Waals surface area contributed by atoms with E-state index < -0.39 is 0 Å². The maximum Gasteiger partial charge on any atom is 0.323 e. The van der Waals surface area contributed by atoms with Crippen LogP contribution in [0.4, 0.5) is 21.9 Å². The first-order valence-electron chi connectivity index (χ1n) is 11.6. The molecule has 1 atom stereocenters. The summed E-state index contributed by atoms with van der Waals surface area (Å²) in [5.41, 5.74) is 2.68. The average molecular weight is 471 g/mol. The highest BCUT2D eigenvalue weighted by Crippen LogP contribution is 2.27. The van der Waals surface area contributed by atoms with Crippen molar-refractivity contribution in [2.24, 2.45) is 11.3 Å². The SMILES string of the molecule is CC(CC(=O)N1CCN(c2ccc(NC(=O)Nc3cccc(Cl)c3)cc2)CC1)CC(C)(C)C. The van der Waals surface area contributed by atoms with Crippen molar-refractivity contribution in [3.63, 3.8) is 0 Å². The Morgan fingerprint density at radius 3 is 2.21 bits per heavy atom. The summed E-state index contributed by atoms with van der Waals surface area (Å²) in [6.07, 6.45) is 1.67. The minimum Gasteiger partial charge on any atom is -0.368 e. The van der Waals surface area contributed by atoms with Gasteiger partial charge in [0.05, 0.1) is 0 Å². The highest BCUT2D eigenvalue weighted by Gasteiger charge is 2.24. The molecule has 1 aliphatic heterocycles. The van der Waals surface area contributed by atoms with Crippen LogP contribution in [0.1, 0.15) is 40.5 Å². The average Bonchev–Trinajstić information content (AvgIpc) is 2.73. The molecule has 0 bridgehead atoms. The lowest BCUT2D eigenvalue weighted by atomic mass is 9.84. The van der Waals surface area contributed by atoms with E-state index in [9.17, 15) is 9.59 Å².